The van der Waals surface area contributed by atoms with Crippen LogP contribution in [0.15, 0.2) is 48.5 Å². The summed E-state index contributed by atoms with van der Waals surface area (Å²) in [5, 5.41) is 3.79. The van der Waals surface area contributed by atoms with Gasteiger partial charge in [0.05, 0.1) is 34.8 Å². The maximum absolute atomic E-state index is 14.2. The first-order chi connectivity index (χ1) is 19.5. The van der Waals surface area contributed by atoms with Crippen LogP contribution in [-0.2, 0) is 36.5 Å². The third kappa shape index (κ3) is 7.36. The molecule has 4 rings (SSSR count). The predicted molar refractivity (Wildman–Crippen MR) is 159 cm³/mol. The maximum atomic E-state index is 14.2. The number of nitrogens with zero attached hydrogens (tertiary/aromatic N) is 3. The minimum Gasteiger partial charge on any atom is -0.462 e. The highest BCUT2D eigenvalue weighted by molar-refractivity contribution is 7.52. The van der Waals surface area contributed by atoms with Gasteiger partial charge >= 0.3 is 13.7 Å². The molecule has 2 aromatic heterocycles. The van der Waals surface area contributed by atoms with Gasteiger partial charge in [0, 0.05) is 12.0 Å². The van der Waals surface area contributed by atoms with Crippen LogP contribution in [0.2, 0.25) is 5.02 Å². The standard InChI is InChI=1S/C28H35ClN5O6P/c1-6-37-16-24-32-25-26(20-11-7-9-13-22(20)31-27(25)30)34(24)15-18(4)39-41(36,33-19(5)28(35)38-17(2)3)40-23-14-10-8-12-21(23)29/h7-14,17-19H,6,15-16H2,1-5H3,(H2,30,31)(H,33,36)/t18-,19+,41?/m1/s1. The van der Waals surface area contributed by atoms with Crippen LogP contribution in [-0.4, -0.2) is 45.4 Å². The average molecular weight is 604 g/mol. The Labute approximate surface area is 243 Å². The lowest BCUT2D eigenvalue weighted by Gasteiger charge is -2.26. The Kier molecular flexibility index (Phi) is 9.88. The SMILES string of the molecule is CCOCc1nc2c(N)nc3ccccc3c2n1C[C@@H](C)OP(=O)(N[C@@H](C)C(=O)OC(C)C)Oc1ccccc1Cl. The van der Waals surface area contributed by atoms with E-state index in [1.807, 2.05) is 35.8 Å². The van der Waals surface area contributed by atoms with E-state index in [1.54, 1.807) is 45.0 Å². The molecule has 0 saturated carbocycles. The number of imidazole rings is 1. The molecule has 0 bridgehead atoms. The van der Waals surface area contributed by atoms with Crippen molar-refractivity contribution in [1.82, 2.24) is 19.6 Å². The van der Waals surface area contributed by atoms with Crippen LogP contribution in [0.25, 0.3) is 21.9 Å². The minimum atomic E-state index is -4.19. The molecular weight excluding hydrogens is 569 g/mol. The van der Waals surface area contributed by atoms with Gasteiger partial charge in [-0.2, -0.15) is 5.09 Å². The summed E-state index contributed by atoms with van der Waals surface area (Å²) in [5.74, 6) is 0.423. The van der Waals surface area contributed by atoms with Gasteiger partial charge in [0.25, 0.3) is 0 Å². The van der Waals surface area contributed by atoms with E-state index in [1.165, 1.54) is 6.92 Å². The largest absolute Gasteiger partial charge is 0.462 e. The number of carbonyl (C=O) groups excluding carboxylic acids is 1. The molecule has 0 radical (unpaired) electrons. The Bertz CT molecular complexity index is 1580. The van der Waals surface area contributed by atoms with Gasteiger partial charge in [0.2, 0.25) is 0 Å². The van der Waals surface area contributed by atoms with Crippen LogP contribution < -0.4 is 15.3 Å². The van der Waals surface area contributed by atoms with E-state index < -0.39 is 25.9 Å². The van der Waals surface area contributed by atoms with Gasteiger partial charge in [-0.05, 0) is 52.8 Å². The molecule has 220 valence electrons. The first-order valence-electron chi connectivity index (χ1n) is 13.3. The van der Waals surface area contributed by atoms with Gasteiger partial charge in [0.1, 0.15) is 29.7 Å². The van der Waals surface area contributed by atoms with Crippen molar-refractivity contribution in [1.29, 1.82) is 0 Å². The Morgan fingerprint density at radius 1 is 1.10 bits per heavy atom. The van der Waals surface area contributed by atoms with Gasteiger partial charge < -0.3 is 24.3 Å². The summed E-state index contributed by atoms with van der Waals surface area (Å²) < 4.78 is 38.9. The molecule has 0 amide bonds. The Morgan fingerprint density at radius 3 is 2.51 bits per heavy atom. The zero-order valence-electron chi connectivity index (χ0n) is 23.7. The topological polar surface area (TPSA) is 140 Å². The highest BCUT2D eigenvalue weighted by atomic mass is 35.5. The van der Waals surface area contributed by atoms with Gasteiger partial charge in [0.15, 0.2) is 5.82 Å². The number of aromatic nitrogens is 3. The summed E-state index contributed by atoms with van der Waals surface area (Å²) >= 11 is 6.29. The number of carbonyl (C=O) groups is 1. The van der Waals surface area contributed by atoms with E-state index in [2.05, 4.69) is 10.1 Å². The molecule has 3 atom stereocenters. The number of rotatable bonds is 13. The molecule has 0 saturated heterocycles. The maximum Gasteiger partial charge on any atom is 0.459 e. The van der Waals surface area contributed by atoms with E-state index in [4.69, 9.17) is 40.8 Å². The summed E-state index contributed by atoms with van der Waals surface area (Å²) in [5.41, 5.74) is 8.29. The number of benzene rings is 2. The summed E-state index contributed by atoms with van der Waals surface area (Å²) in [6.45, 7) is 9.51. The zero-order chi connectivity index (χ0) is 29.7. The molecule has 0 aliphatic rings. The molecule has 0 aliphatic carbocycles. The third-order valence-corrected chi connectivity index (χ3v) is 8.09. The molecule has 0 fully saturated rings. The second-order valence-corrected chi connectivity index (χ2v) is 11.8. The number of nitrogen functional groups attached to an aromatic ring is 1. The number of nitrogens with two attached hydrogens (primary N) is 1. The van der Waals surface area contributed by atoms with Gasteiger partial charge in [-0.1, -0.05) is 41.9 Å². The van der Waals surface area contributed by atoms with E-state index in [9.17, 15) is 9.36 Å². The fourth-order valence-corrected chi connectivity index (χ4v) is 6.21. The Balaban J connectivity index is 1.70. The average Bonchev–Trinajstić information content (AvgIpc) is 3.27. The first kappa shape index (κ1) is 30.7. The van der Waals surface area contributed by atoms with Crippen LogP contribution in [0.5, 0.6) is 5.75 Å². The Morgan fingerprint density at radius 2 is 1.80 bits per heavy atom. The lowest BCUT2D eigenvalue weighted by Crippen LogP contribution is -2.37. The number of nitrogens with one attached hydrogen (secondary N) is 1. The first-order valence-corrected chi connectivity index (χ1v) is 15.2. The van der Waals surface area contributed by atoms with Crippen molar-refractivity contribution >= 4 is 53.1 Å². The third-order valence-electron chi connectivity index (χ3n) is 6.00. The highest BCUT2D eigenvalue weighted by Gasteiger charge is 2.35. The minimum absolute atomic E-state index is 0.136. The van der Waals surface area contributed by atoms with Gasteiger partial charge in [-0.3, -0.25) is 9.32 Å². The van der Waals surface area contributed by atoms with Crippen molar-refractivity contribution in [3.8, 4) is 5.75 Å². The molecule has 1 unspecified atom stereocenters. The molecule has 13 heteroatoms. The van der Waals surface area contributed by atoms with E-state index in [0.717, 1.165) is 10.9 Å². The van der Waals surface area contributed by atoms with Crippen LogP contribution in [0.3, 0.4) is 0 Å². The molecule has 3 N–H and O–H groups in total. The number of halogens is 1. The predicted octanol–water partition coefficient (Wildman–Crippen LogP) is 5.88. The van der Waals surface area contributed by atoms with Crippen molar-refractivity contribution in [3.63, 3.8) is 0 Å². The van der Waals surface area contributed by atoms with Crippen LogP contribution in [0, 0.1) is 0 Å². The lowest BCUT2D eigenvalue weighted by atomic mass is 10.2. The summed E-state index contributed by atoms with van der Waals surface area (Å²) in [6.07, 6.45) is -1.07. The molecule has 11 nitrogen and oxygen atoms in total. The number of para-hydroxylation sites is 2. The number of hydrogen-bond acceptors (Lipinski definition) is 9. The smallest absolute Gasteiger partial charge is 0.459 e. The second kappa shape index (κ2) is 13.2. The molecule has 41 heavy (non-hydrogen) atoms. The molecule has 2 aromatic carbocycles. The van der Waals surface area contributed by atoms with Crippen molar-refractivity contribution < 1.29 is 27.9 Å². The monoisotopic (exact) mass is 603 g/mol. The summed E-state index contributed by atoms with van der Waals surface area (Å²) in [7, 11) is -4.19. The van der Waals surface area contributed by atoms with Crippen molar-refractivity contribution in [2.45, 2.75) is 66.0 Å². The van der Waals surface area contributed by atoms with Gasteiger partial charge in [-0.15, -0.1) is 0 Å². The van der Waals surface area contributed by atoms with E-state index in [0.29, 0.717) is 23.5 Å². The normalized spacial score (nSPS) is 14.7. The number of esters is 1. The quantitative estimate of drug-likeness (QED) is 0.141. The number of ether oxygens (including phenoxy) is 2. The number of fused-ring (bicyclic) bond motifs is 3. The molecular formula is C28H35ClN5O6P. The Hall–Kier alpha value is -3.21. The number of hydrogen-bond donors (Lipinski definition) is 2. The fraction of sp³-hybridized carbons (Fsp3) is 0.393. The second-order valence-electron chi connectivity index (χ2n) is 9.76. The molecule has 4 aromatic rings. The molecule has 2 heterocycles. The van der Waals surface area contributed by atoms with E-state index >= 15 is 0 Å². The molecule has 0 spiro atoms. The van der Waals surface area contributed by atoms with E-state index in [-0.39, 0.29) is 35.8 Å². The van der Waals surface area contributed by atoms with Crippen LogP contribution in [0.1, 0.15) is 40.4 Å². The van der Waals surface area contributed by atoms with Crippen molar-refractivity contribution in [2.75, 3.05) is 12.3 Å². The fourth-order valence-electron chi connectivity index (χ4n) is 4.28. The highest BCUT2D eigenvalue weighted by Crippen LogP contribution is 2.48. The summed E-state index contributed by atoms with van der Waals surface area (Å²) in [4.78, 5) is 21.8. The number of pyridine rings is 1. The number of anilines is 1. The zero-order valence-corrected chi connectivity index (χ0v) is 25.3. The molecule has 0 aliphatic heterocycles. The van der Waals surface area contributed by atoms with Crippen molar-refractivity contribution in [2.24, 2.45) is 0 Å². The van der Waals surface area contributed by atoms with Crippen LogP contribution in [0.4, 0.5) is 5.82 Å². The van der Waals surface area contributed by atoms with Crippen molar-refractivity contribution in [3.05, 3.63) is 59.4 Å². The lowest BCUT2D eigenvalue weighted by molar-refractivity contribution is -0.149. The summed E-state index contributed by atoms with van der Waals surface area (Å²) in [6, 6.07) is 13.2. The van der Waals surface area contributed by atoms with Gasteiger partial charge in [-0.25, -0.2) is 14.5 Å². The van der Waals surface area contributed by atoms with Crippen LogP contribution >= 0.6 is 19.3 Å².